The van der Waals surface area contributed by atoms with E-state index in [-0.39, 0.29) is 35.8 Å². The summed E-state index contributed by atoms with van der Waals surface area (Å²) in [6, 6.07) is 1.39. The SMILES string of the molecule is O=C1[C@@H]2CC=CC[C@H]2C(=O)N1Cc1cc(=O)n2ccsc2n1. The number of aromatic nitrogens is 2. The number of nitrogens with zero attached hydrogens (tertiary/aromatic N) is 3. The fourth-order valence-electron chi connectivity index (χ4n) is 3.16. The van der Waals surface area contributed by atoms with Gasteiger partial charge in [0.15, 0.2) is 4.96 Å². The molecule has 1 fully saturated rings. The number of carbonyl (C=O) groups excluding carboxylic acids is 2. The smallest absolute Gasteiger partial charge is 0.258 e. The van der Waals surface area contributed by atoms with Crippen LogP contribution in [-0.4, -0.2) is 26.1 Å². The van der Waals surface area contributed by atoms with Gasteiger partial charge < -0.3 is 0 Å². The van der Waals surface area contributed by atoms with Crippen molar-refractivity contribution in [3.8, 4) is 0 Å². The van der Waals surface area contributed by atoms with Crippen LogP contribution < -0.4 is 5.56 Å². The van der Waals surface area contributed by atoms with E-state index >= 15 is 0 Å². The average molecular weight is 315 g/mol. The van der Waals surface area contributed by atoms with Gasteiger partial charge in [0, 0.05) is 17.6 Å². The maximum Gasteiger partial charge on any atom is 0.258 e. The molecule has 6 nitrogen and oxygen atoms in total. The molecule has 1 aliphatic heterocycles. The van der Waals surface area contributed by atoms with Crippen molar-refractivity contribution >= 4 is 28.1 Å². The normalized spacial score (nSPS) is 24.3. The summed E-state index contributed by atoms with van der Waals surface area (Å²) in [6.45, 7) is 0.0777. The van der Waals surface area contributed by atoms with Crippen LogP contribution in [0.4, 0.5) is 0 Å². The Labute approximate surface area is 129 Å². The molecule has 0 N–H and O–H groups in total. The lowest BCUT2D eigenvalue weighted by atomic mass is 9.85. The topological polar surface area (TPSA) is 71.8 Å². The Bertz CT molecular complexity index is 840. The minimum absolute atomic E-state index is 0.0777. The van der Waals surface area contributed by atoms with Crippen molar-refractivity contribution in [2.75, 3.05) is 0 Å². The molecule has 112 valence electrons. The molecule has 0 aromatic carbocycles. The summed E-state index contributed by atoms with van der Waals surface area (Å²) in [7, 11) is 0. The van der Waals surface area contributed by atoms with Crippen LogP contribution in [0.1, 0.15) is 18.5 Å². The number of hydrogen-bond donors (Lipinski definition) is 0. The Balaban J connectivity index is 1.66. The first-order valence-electron chi connectivity index (χ1n) is 7.11. The van der Waals surface area contributed by atoms with E-state index in [4.69, 9.17) is 0 Å². The molecule has 0 saturated carbocycles. The second-order valence-electron chi connectivity index (χ2n) is 5.56. The molecule has 0 unspecified atom stereocenters. The molecular weight excluding hydrogens is 302 g/mol. The molecule has 0 bridgehead atoms. The van der Waals surface area contributed by atoms with Gasteiger partial charge in [0.25, 0.3) is 5.56 Å². The predicted molar refractivity (Wildman–Crippen MR) is 80.3 cm³/mol. The third-order valence-electron chi connectivity index (χ3n) is 4.28. The molecule has 2 aliphatic rings. The number of amides is 2. The third kappa shape index (κ3) is 1.93. The zero-order valence-electron chi connectivity index (χ0n) is 11.6. The lowest BCUT2D eigenvalue weighted by Gasteiger charge is -2.14. The van der Waals surface area contributed by atoms with Gasteiger partial charge in [-0.3, -0.25) is 23.7 Å². The number of imide groups is 1. The van der Waals surface area contributed by atoms with Crippen molar-refractivity contribution in [3.63, 3.8) is 0 Å². The molecule has 2 amide bonds. The highest BCUT2D eigenvalue weighted by Crippen LogP contribution is 2.35. The van der Waals surface area contributed by atoms with Crippen LogP contribution in [0.25, 0.3) is 4.96 Å². The van der Waals surface area contributed by atoms with Gasteiger partial charge in [0.1, 0.15) is 0 Å². The quantitative estimate of drug-likeness (QED) is 0.617. The summed E-state index contributed by atoms with van der Waals surface area (Å²) in [6.07, 6.45) is 6.81. The van der Waals surface area contributed by atoms with Gasteiger partial charge in [-0.15, -0.1) is 11.3 Å². The molecular formula is C15H13N3O3S. The van der Waals surface area contributed by atoms with Crippen LogP contribution >= 0.6 is 11.3 Å². The van der Waals surface area contributed by atoms with Crippen LogP contribution in [0.5, 0.6) is 0 Å². The number of rotatable bonds is 2. The Morgan fingerprint density at radius 2 is 1.82 bits per heavy atom. The molecule has 3 heterocycles. The summed E-state index contributed by atoms with van der Waals surface area (Å²) in [4.78, 5) is 43.0. The van der Waals surface area contributed by atoms with Crippen LogP contribution in [-0.2, 0) is 16.1 Å². The Morgan fingerprint density at radius 3 is 2.50 bits per heavy atom. The van der Waals surface area contributed by atoms with Gasteiger partial charge in [0.2, 0.25) is 11.8 Å². The van der Waals surface area contributed by atoms with E-state index in [1.54, 1.807) is 11.6 Å². The highest BCUT2D eigenvalue weighted by Gasteiger charge is 2.47. The van der Waals surface area contributed by atoms with Gasteiger partial charge >= 0.3 is 0 Å². The number of thiazole rings is 1. The zero-order chi connectivity index (χ0) is 15.3. The first kappa shape index (κ1) is 13.4. The zero-order valence-corrected chi connectivity index (χ0v) is 12.5. The molecule has 2 atom stereocenters. The first-order chi connectivity index (χ1) is 10.6. The van der Waals surface area contributed by atoms with Crippen molar-refractivity contribution in [1.82, 2.24) is 14.3 Å². The van der Waals surface area contributed by atoms with E-state index in [1.165, 1.54) is 26.7 Å². The van der Waals surface area contributed by atoms with Crippen LogP contribution in [0.3, 0.4) is 0 Å². The van der Waals surface area contributed by atoms with Gasteiger partial charge in [-0.05, 0) is 12.8 Å². The van der Waals surface area contributed by atoms with Crippen molar-refractivity contribution in [2.24, 2.45) is 11.8 Å². The average Bonchev–Trinajstić information content (AvgIpc) is 3.08. The minimum Gasteiger partial charge on any atom is -0.276 e. The molecule has 0 radical (unpaired) electrons. The number of carbonyl (C=O) groups is 2. The minimum atomic E-state index is -0.246. The number of allylic oxidation sites excluding steroid dienone is 2. The van der Waals surface area contributed by atoms with Crippen molar-refractivity contribution < 1.29 is 9.59 Å². The van der Waals surface area contributed by atoms with E-state index in [2.05, 4.69) is 4.98 Å². The summed E-state index contributed by atoms with van der Waals surface area (Å²) in [5.74, 6) is -0.784. The van der Waals surface area contributed by atoms with Crippen LogP contribution in [0, 0.1) is 11.8 Å². The van der Waals surface area contributed by atoms with E-state index in [9.17, 15) is 14.4 Å². The number of fused-ring (bicyclic) bond motifs is 2. The standard InChI is InChI=1S/C15H13N3O3S/c19-12-7-9(16-15-17(12)5-6-22-15)8-18-13(20)10-3-1-2-4-11(10)14(18)21/h1-2,5-7,10-11H,3-4,8H2/t10-,11-/m1/s1. The molecule has 22 heavy (non-hydrogen) atoms. The van der Waals surface area contributed by atoms with Crippen molar-refractivity contribution in [3.05, 3.63) is 45.8 Å². The largest absolute Gasteiger partial charge is 0.276 e. The second-order valence-corrected chi connectivity index (χ2v) is 6.43. The first-order valence-corrected chi connectivity index (χ1v) is 7.99. The molecule has 0 spiro atoms. The van der Waals surface area contributed by atoms with Gasteiger partial charge in [-0.1, -0.05) is 12.2 Å². The fourth-order valence-corrected chi connectivity index (χ4v) is 3.89. The molecule has 2 aromatic heterocycles. The van der Waals surface area contributed by atoms with E-state index < -0.39 is 0 Å². The molecule has 1 aliphatic carbocycles. The Kier molecular flexibility index (Phi) is 2.97. The lowest BCUT2D eigenvalue weighted by Crippen LogP contribution is -2.31. The monoisotopic (exact) mass is 315 g/mol. The summed E-state index contributed by atoms with van der Waals surface area (Å²) in [5, 5.41) is 1.78. The molecule has 1 saturated heterocycles. The molecule has 7 heteroatoms. The van der Waals surface area contributed by atoms with E-state index in [0.717, 1.165) is 0 Å². The summed E-state index contributed by atoms with van der Waals surface area (Å²) < 4.78 is 1.45. The molecule has 4 rings (SSSR count). The Hall–Kier alpha value is -2.28. The maximum absolute atomic E-state index is 12.4. The van der Waals surface area contributed by atoms with Gasteiger partial charge in [0.05, 0.1) is 24.1 Å². The second kappa shape index (κ2) is 4.88. The lowest BCUT2D eigenvalue weighted by molar-refractivity contribution is -0.140. The van der Waals surface area contributed by atoms with Crippen molar-refractivity contribution in [2.45, 2.75) is 19.4 Å². The maximum atomic E-state index is 12.4. The fraction of sp³-hybridized carbons (Fsp3) is 0.333. The highest BCUT2D eigenvalue weighted by atomic mass is 32.1. The van der Waals surface area contributed by atoms with Crippen molar-refractivity contribution in [1.29, 1.82) is 0 Å². The summed E-state index contributed by atoms with van der Waals surface area (Å²) in [5.41, 5.74) is 0.264. The molecule has 2 aromatic rings. The van der Waals surface area contributed by atoms with Gasteiger partial charge in [-0.25, -0.2) is 4.98 Å². The predicted octanol–water partition coefficient (Wildman–Crippen LogP) is 1.21. The van der Waals surface area contributed by atoms with E-state index in [1.807, 2.05) is 12.2 Å². The highest BCUT2D eigenvalue weighted by molar-refractivity contribution is 7.15. The Morgan fingerprint density at radius 1 is 1.14 bits per heavy atom. The number of likely N-dealkylation sites (tertiary alicyclic amines) is 1. The number of hydrogen-bond acceptors (Lipinski definition) is 5. The van der Waals surface area contributed by atoms with E-state index in [0.29, 0.717) is 23.5 Å². The third-order valence-corrected chi connectivity index (χ3v) is 5.03. The van der Waals surface area contributed by atoms with Crippen LogP contribution in [0.15, 0.2) is 34.6 Å². The van der Waals surface area contributed by atoms with Gasteiger partial charge in [-0.2, -0.15) is 0 Å². The summed E-state index contributed by atoms with van der Waals surface area (Å²) >= 11 is 1.35. The van der Waals surface area contributed by atoms with Crippen LogP contribution in [0.2, 0.25) is 0 Å².